The molecule has 0 atom stereocenters. The number of ether oxygens (including phenoxy) is 1. The lowest BCUT2D eigenvalue weighted by molar-refractivity contribution is -0.123. The molecule has 1 amide bonds. The number of carbonyl (C=O) groups is 2. The summed E-state index contributed by atoms with van der Waals surface area (Å²) >= 11 is 13.3. The predicted octanol–water partition coefficient (Wildman–Crippen LogP) is 4.11. The molecule has 10 heteroatoms. The molecule has 160 valence electrons. The molecule has 0 saturated carbocycles. The van der Waals surface area contributed by atoms with E-state index in [-0.39, 0.29) is 18.4 Å². The Balaban J connectivity index is 1.32. The number of anilines is 1. The van der Waals surface area contributed by atoms with Crippen molar-refractivity contribution in [3.8, 4) is 6.07 Å². The van der Waals surface area contributed by atoms with Gasteiger partial charge < -0.3 is 9.64 Å². The van der Waals surface area contributed by atoms with E-state index in [2.05, 4.69) is 15.8 Å². The van der Waals surface area contributed by atoms with E-state index in [1.807, 2.05) is 17.0 Å². The zero-order chi connectivity index (χ0) is 22.0. The number of amides is 1. The lowest BCUT2D eigenvalue weighted by Crippen LogP contribution is -2.39. The van der Waals surface area contributed by atoms with Crippen molar-refractivity contribution in [3.05, 3.63) is 56.7 Å². The number of nitrogens with zero attached hydrogens (tertiary/aromatic N) is 3. The van der Waals surface area contributed by atoms with Crippen molar-refractivity contribution in [2.24, 2.45) is 5.92 Å². The molecule has 1 aromatic carbocycles. The van der Waals surface area contributed by atoms with Gasteiger partial charge >= 0.3 is 5.97 Å². The standard InChI is InChI=1S/C21H18Cl2N4O3S/c22-15-5-12(6-16(23)8-15)11-31-26-20(28)13-1-3-27(4-2-13)19-14(9-24)7-17-18(25-19)10-30-21(17)29/h5-8,13H,1-4,10-11H2,(H,26,28). The number of rotatable bonds is 5. The second kappa shape index (κ2) is 9.35. The van der Waals surface area contributed by atoms with Gasteiger partial charge in [0.15, 0.2) is 0 Å². The second-order valence-corrected chi connectivity index (χ2v) is 8.99. The topological polar surface area (TPSA) is 95.3 Å². The van der Waals surface area contributed by atoms with Crippen molar-refractivity contribution in [1.82, 2.24) is 9.71 Å². The molecule has 3 heterocycles. The fraction of sp³-hybridized carbons (Fsp3) is 0.333. The summed E-state index contributed by atoms with van der Waals surface area (Å²) in [5.41, 5.74) is 2.19. The van der Waals surface area contributed by atoms with Crippen molar-refractivity contribution in [1.29, 1.82) is 5.26 Å². The molecule has 2 aromatic rings. The number of halogens is 2. The molecule has 7 nitrogen and oxygen atoms in total. The molecule has 1 saturated heterocycles. The molecule has 1 fully saturated rings. The third kappa shape index (κ3) is 4.90. The van der Waals surface area contributed by atoms with Crippen LogP contribution >= 0.6 is 35.1 Å². The summed E-state index contributed by atoms with van der Waals surface area (Å²) in [6.45, 7) is 1.32. The van der Waals surface area contributed by atoms with Crippen molar-refractivity contribution in [2.75, 3.05) is 18.0 Å². The van der Waals surface area contributed by atoms with Crippen LogP contribution in [0.2, 0.25) is 10.0 Å². The Morgan fingerprint density at radius 3 is 2.65 bits per heavy atom. The van der Waals surface area contributed by atoms with E-state index >= 15 is 0 Å². The van der Waals surface area contributed by atoms with Gasteiger partial charge in [-0.05, 0) is 54.6 Å². The minimum atomic E-state index is -0.446. The zero-order valence-electron chi connectivity index (χ0n) is 16.4. The highest BCUT2D eigenvalue weighted by Crippen LogP contribution is 2.29. The van der Waals surface area contributed by atoms with Crippen LogP contribution in [0.1, 0.15) is 40.0 Å². The first-order valence-corrected chi connectivity index (χ1v) is 11.4. The lowest BCUT2D eigenvalue weighted by atomic mass is 9.96. The van der Waals surface area contributed by atoms with Crippen LogP contribution in [0.4, 0.5) is 5.82 Å². The summed E-state index contributed by atoms with van der Waals surface area (Å²) in [6, 6.07) is 8.97. The number of fused-ring (bicyclic) bond motifs is 1. The third-order valence-corrected chi connectivity index (χ3v) is 6.52. The lowest BCUT2D eigenvalue weighted by Gasteiger charge is -2.32. The number of pyridine rings is 1. The number of nitriles is 1. The summed E-state index contributed by atoms with van der Waals surface area (Å²) in [6.07, 6.45) is 1.29. The number of esters is 1. The third-order valence-electron chi connectivity index (χ3n) is 5.26. The van der Waals surface area contributed by atoms with E-state index in [4.69, 9.17) is 27.9 Å². The molecular formula is C21H18Cl2N4O3S. The molecule has 0 unspecified atom stereocenters. The highest BCUT2D eigenvalue weighted by molar-refractivity contribution is 7.97. The summed E-state index contributed by atoms with van der Waals surface area (Å²) in [5, 5.41) is 10.6. The molecule has 2 aliphatic rings. The van der Waals surface area contributed by atoms with Crippen LogP contribution in [0.15, 0.2) is 24.3 Å². The minimum absolute atomic E-state index is 0.0146. The molecule has 1 N–H and O–H groups in total. The molecule has 0 spiro atoms. The van der Waals surface area contributed by atoms with Crippen LogP contribution < -0.4 is 9.62 Å². The number of carbonyl (C=O) groups excluding carboxylic acids is 2. The van der Waals surface area contributed by atoms with E-state index < -0.39 is 5.97 Å². The molecule has 0 bridgehead atoms. The van der Waals surface area contributed by atoms with Gasteiger partial charge in [-0.1, -0.05) is 23.2 Å². The van der Waals surface area contributed by atoms with Crippen LogP contribution in [0.3, 0.4) is 0 Å². The summed E-state index contributed by atoms with van der Waals surface area (Å²) < 4.78 is 7.90. The molecule has 31 heavy (non-hydrogen) atoms. The molecule has 1 aromatic heterocycles. The van der Waals surface area contributed by atoms with E-state index in [0.29, 0.717) is 64.4 Å². The molecule has 0 radical (unpaired) electrons. The zero-order valence-corrected chi connectivity index (χ0v) is 18.7. The van der Waals surface area contributed by atoms with Crippen LogP contribution in [0, 0.1) is 17.2 Å². The monoisotopic (exact) mass is 476 g/mol. The Kier molecular flexibility index (Phi) is 6.56. The number of aromatic nitrogens is 1. The van der Waals surface area contributed by atoms with Crippen molar-refractivity contribution in [2.45, 2.75) is 25.2 Å². The Bertz CT molecular complexity index is 1060. The average molecular weight is 477 g/mol. The van der Waals surface area contributed by atoms with E-state index in [0.717, 1.165) is 5.56 Å². The van der Waals surface area contributed by atoms with Gasteiger partial charge in [0, 0.05) is 34.8 Å². The minimum Gasteiger partial charge on any atom is -0.455 e. The van der Waals surface area contributed by atoms with E-state index in [1.165, 1.54) is 11.9 Å². The first-order valence-electron chi connectivity index (χ1n) is 9.67. The molecule has 2 aliphatic heterocycles. The smallest absolute Gasteiger partial charge is 0.340 e. The maximum atomic E-state index is 12.6. The average Bonchev–Trinajstić information content (AvgIpc) is 3.12. The first kappa shape index (κ1) is 21.8. The Morgan fingerprint density at radius 2 is 1.97 bits per heavy atom. The van der Waals surface area contributed by atoms with Crippen LogP contribution in [-0.4, -0.2) is 29.9 Å². The Hall–Kier alpha value is -2.47. The number of nitrogens with one attached hydrogen (secondary N) is 1. The second-order valence-electron chi connectivity index (χ2n) is 7.34. The fourth-order valence-electron chi connectivity index (χ4n) is 3.68. The van der Waals surface area contributed by atoms with Gasteiger partial charge in [0.25, 0.3) is 0 Å². The maximum absolute atomic E-state index is 12.6. The highest BCUT2D eigenvalue weighted by atomic mass is 35.5. The van der Waals surface area contributed by atoms with Crippen LogP contribution in [0.5, 0.6) is 0 Å². The first-order chi connectivity index (χ1) is 14.9. The number of piperidine rings is 1. The quantitative estimate of drug-likeness (QED) is 0.512. The summed E-state index contributed by atoms with van der Waals surface area (Å²) in [5.74, 6) is 0.538. The SMILES string of the molecule is N#Cc1cc2c(nc1N1CCC(C(=O)NSCc3cc(Cl)cc(Cl)c3)CC1)COC2=O. The maximum Gasteiger partial charge on any atom is 0.340 e. The van der Waals surface area contributed by atoms with Gasteiger partial charge in [-0.3, -0.25) is 9.52 Å². The number of cyclic esters (lactones) is 1. The molecular weight excluding hydrogens is 459 g/mol. The predicted molar refractivity (Wildman–Crippen MR) is 119 cm³/mol. The summed E-state index contributed by atoms with van der Waals surface area (Å²) in [7, 11) is 0. The Labute approximate surface area is 193 Å². The number of hydrogen-bond acceptors (Lipinski definition) is 7. The van der Waals surface area contributed by atoms with Gasteiger partial charge in [0.1, 0.15) is 18.5 Å². The normalized spacial score (nSPS) is 15.9. The summed E-state index contributed by atoms with van der Waals surface area (Å²) in [4.78, 5) is 30.7. The van der Waals surface area contributed by atoms with E-state index in [1.54, 1.807) is 12.1 Å². The van der Waals surface area contributed by atoms with Gasteiger partial charge in [0.05, 0.1) is 16.8 Å². The van der Waals surface area contributed by atoms with Crippen LogP contribution in [0.25, 0.3) is 0 Å². The molecule has 0 aliphatic carbocycles. The van der Waals surface area contributed by atoms with Gasteiger partial charge in [-0.25, -0.2) is 9.78 Å². The van der Waals surface area contributed by atoms with Crippen molar-refractivity contribution in [3.63, 3.8) is 0 Å². The van der Waals surface area contributed by atoms with Crippen LogP contribution in [-0.2, 0) is 21.9 Å². The number of hydrogen-bond donors (Lipinski definition) is 1. The van der Waals surface area contributed by atoms with Crippen molar-refractivity contribution < 1.29 is 14.3 Å². The van der Waals surface area contributed by atoms with Gasteiger partial charge in [-0.2, -0.15) is 5.26 Å². The Morgan fingerprint density at radius 1 is 1.26 bits per heavy atom. The number of benzene rings is 1. The molecule has 4 rings (SSSR count). The fourth-order valence-corrected chi connectivity index (χ4v) is 4.97. The van der Waals surface area contributed by atoms with E-state index in [9.17, 15) is 14.9 Å². The van der Waals surface area contributed by atoms with Crippen molar-refractivity contribution >= 4 is 52.8 Å². The van der Waals surface area contributed by atoms with Gasteiger partial charge in [0.2, 0.25) is 5.91 Å². The highest BCUT2D eigenvalue weighted by Gasteiger charge is 2.30. The largest absolute Gasteiger partial charge is 0.455 e. The van der Waals surface area contributed by atoms with Gasteiger partial charge in [-0.15, -0.1) is 0 Å².